The van der Waals surface area contributed by atoms with Gasteiger partial charge in [0.15, 0.2) is 0 Å². The van der Waals surface area contributed by atoms with E-state index < -0.39 is 23.4 Å². The molecule has 2 rings (SSSR count). The predicted octanol–water partition coefficient (Wildman–Crippen LogP) is 4.60. The Bertz CT molecular complexity index is 587. The molecule has 0 amide bonds. The van der Waals surface area contributed by atoms with Crippen LogP contribution in [0, 0.1) is 11.6 Å². The second-order valence-corrected chi connectivity index (χ2v) is 4.21. The quantitative estimate of drug-likeness (QED) is 0.814. The largest absolute Gasteiger partial charge is 0.416 e. The maximum Gasteiger partial charge on any atom is 0.416 e. The molecule has 0 unspecified atom stereocenters. The highest BCUT2D eigenvalue weighted by atomic mass is 19.4. The summed E-state index contributed by atoms with van der Waals surface area (Å²) in [5.41, 5.74) is -0.252. The monoisotopic (exact) mass is 287 g/mol. The second-order valence-electron chi connectivity index (χ2n) is 4.21. The van der Waals surface area contributed by atoms with Gasteiger partial charge in [0.25, 0.3) is 0 Å². The number of benzene rings is 2. The Morgan fingerprint density at radius 1 is 0.900 bits per heavy atom. The van der Waals surface area contributed by atoms with E-state index in [0.29, 0.717) is 5.56 Å². The van der Waals surface area contributed by atoms with Crippen molar-refractivity contribution in [2.24, 2.45) is 0 Å². The molecule has 0 aliphatic heterocycles. The maximum atomic E-state index is 13.0. The van der Waals surface area contributed by atoms with Gasteiger partial charge in [-0.1, -0.05) is 6.07 Å². The van der Waals surface area contributed by atoms with Crippen LogP contribution in [0.15, 0.2) is 42.5 Å². The first-order valence-corrected chi connectivity index (χ1v) is 5.71. The van der Waals surface area contributed by atoms with Gasteiger partial charge < -0.3 is 5.32 Å². The molecule has 0 aliphatic carbocycles. The second kappa shape index (κ2) is 5.48. The van der Waals surface area contributed by atoms with Gasteiger partial charge in [-0.05, 0) is 35.9 Å². The summed E-state index contributed by atoms with van der Waals surface area (Å²) in [5, 5.41) is 2.69. The summed E-state index contributed by atoms with van der Waals surface area (Å²) in [5.74, 6) is -1.46. The van der Waals surface area contributed by atoms with Gasteiger partial charge >= 0.3 is 6.18 Å². The predicted molar refractivity (Wildman–Crippen MR) is 65.1 cm³/mol. The van der Waals surface area contributed by atoms with Crippen molar-refractivity contribution in [2.45, 2.75) is 12.7 Å². The third kappa shape index (κ3) is 3.69. The van der Waals surface area contributed by atoms with Crippen molar-refractivity contribution in [2.75, 3.05) is 5.32 Å². The summed E-state index contributed by atoms with van der Waals surface area (Å²) in [6.45, 7) is 0.0238. The normalized spacial score (nSPS) is 11.4. The average Bonchev–Trinajstić information content (AvgIpc) is 2.35. The number of hydrogen-bond acceptors (Lipinski definition) is 1. The Morgan fingerprint density at radius 2 is 1.55 bits per heavy atom. The van der Waals surface area contributed by atoms with Gasteiger partial charge in [-0.3, -0.25) is 0 Å². The van der Waals surface area contributed by atoms with Gasteiger partial charge in [0.05, 0.1) is 5.56 Å². The number of halogens is 5. The Hall–Kier alpha value is -2.11. The Balaban J connectivity index is 2.11. The summed E-state index contributed by atoms with van der Waals surface area (Å²) in [6.07, 6.45) is -4.43. The van der Waals surface area contributed by atoms with Crippen LogP contribution in [0.1, 0.15) is 11.1 Å². The minimum absolute atomic E-state index is 0.0238. The van der Waals surface area contributed by atoms with E-state index in [0.717, 1.165) is 30.3 Å². The molecule has 0 fully saturated rings. The molecule has 20 heavy (non-hydrogen) atoms. The highest BCUT2D eigenvalue weighted by Crippen LogP contribution is 2.30. The molecule has 1 nitrogen and oxygen atoms in total. The minimum atomic E-state index is -4.43. The smallest absolute Gasteiger partial charge is 0.381 e. The van der Waals surface area contributed by atoms with Crippen molar-refractivity contribution >= 4 is 5.69 Å². The van der Waals surface area contributed by atoms with Crippen LogP contribution in [0.25, 0.3) is 0 Å². The Labute approximate surface area is 112 Å². The van der Waals surface area contributed by atoms with Crippen molar-refractivity contribution in [3.8, 4) is 0 Å². The van der Waals surface area contributed by atoms with Crippen molar-refractivity contribution in [1.82, 2.24) is 0 Å². The zero-order chi connectivity index (χ0) is 14.8. The van der Waals surface area contributed by atoms with Crippen molar-refractivity contribution in [1.29, 1.82) is 0 Å². The van der Waals surface area contributed by atoms with Crippen molar-refractivity contribution < 1.29 is 22.0 Å². The minimum Gasteiger partial charge on any atom is -0.381 e. The van der Waals surface area contributed by atoms with Crippen LogP contribution in [0.5, 0.6) is 0 Å². The van der Waals surface area contributed by atoms with E-state index in [-0.39, 0.29) is 12.2 Å². The lowest BCUT2D eigenvalue weighted by Crippen LogP contribution is -2.06. The SMILES string of the molecule is Fc1cc(F)cc(CNc2cccc(C(F)(F)F)c2)c1. The molecule has 0 saturated heterocycles. The van der Waals surface area contributed by atoms with Gasteiger partial charge in [0.1, 0.15) is 11.6 Å². The molecule has 0 atom stereocenters. The first-order chi connectivity index (χ1) is 9.34. The van der Waals surface area contributed by atoms with Crippen LogP contribution in [-0.4, -0.2) is 0 Å². The first-order valence-electron chi connectivity index (χ1n) is 5.71. The van der Waals surface area contributed by atoms with E-state index in [4.69, 9.17) is 0 Å². The van der Waals surface area contributed by atoms with Gasteiger partial charge in [-0.25, -0.2) is 8.78 Å². The van der Waals surface area contributed by atoms with Crippen LogP contribution in [0.3, 0.4) is 0 Å². The van der Waals surface area contributed by atoms with E-state index in [1.807, 2.05) is 0 Å². The number of anilines is 1. The van der Waals surface area contributed by atoms with Gasteiger partial charge in [-0.2, -0.15) is 13.2 Å². The van der Waals surface area contributed by atoms with Crippen LogP contribution in [0.4, 0.5) is 27.6 Å². The molecular formula is C14H10F5N. The fraction of sp³-hybridized carbons (Fsp3) is 0.143. The van der Waals surface area contributed by atoms with Gasteiger partial charge in [0.2, 0.25) is 0 Å². The van der Waals surface area contributed by atoms with E-state index >= 15 is 0 Å². The zero-order valence-electron chi connectivity index (χ0n) is 10.1. The van der Waals surface area contributed by atoms with Crippen LogP contribution < -0.4 is 5.32 Å². The first kappa shape index (κ1) is 14.3. The molecular weight excluding hydrogens is 277 g/mol. The van der Waals surface area contributed by atoms with Crippen molar-refractivity contribution in [3.63, 3.8) is 0 Å². The molecule has 0 heterocycles. The zero-order valence-corrected chi connectivity index (χ0v) is 10.1. The lowest BCUT2D eigenvalue weighted by Gasteiger charge is -2.10. The molecule has 0 radical (unpaired) electrons. The van der Waals surface area contributed by atoms with Gasteiger partial charge in [0, 0.05) is 18.3 Å². The lowest BCUT2D eigenvalue weighted by atomic mass is 10.1. The highest BCUT2D eigenvalue weighted by molar-refractivity contribution is 5.47. The topological polar surface area (TPSA) is 12.0 Å². The van der Waals surface area contributed by atoms with E-state index in [1.165, 1.54) is 12.1 Å². The van der Waals surface area contributed by atoms with Crippen LogP contribution >= 0.6 is 0 Å². The average molecular weight is 287 g/mol. The number of hydrogen-bond donors (Lipinski definition) is 1. The summed E-state index contributed by atoms with van der Waals surface area (Å²) in [4.78, 5) is 0. The molecule has 0 saturated carbocycles. The van der Waals surface area contributed by atoms with E-state index in [9.17, 15) is 22.0 Å². The third-order valence-electron chi connectivity index (χ3n) is 2.61. The molecule has 2 aromatic carbocycles. The number of nitrogens with one attached hydrogen (secondary N) is 1. The lowest BCUT2D eigenvalue weighted by molar-refractivity contribution is -0.137. The van der Waals surface area contributed by atoms with Crippen molar-refractivity contribution in [3.05, 3.63) is 65.2 Å². The number of rotatable bonds is 3. The molecule has 1 N–H and O–H groups in total. The molecule has 0 bridgehead atoms. The summed E-state index contributed by atoms with van der Waals surface area (Å²) in [6, 6.07) is 7.56. The third-order valence-corrected chi connectivity index (χ3v) is 2.61. The Morgan fingerprint density at radius 3 is 2.15 bits per heavy atom. The molecule has 106 valence electrons. The standard InChI is InChI=1S/C14H10F5N/c15-11-4-9(5-12(16)7-11)8-20-13-3-1-2-10(6-13)14(17,18)19/h1-7,20H,8H2. The van der Waals surface area contributed by atoms with E-state index in [1.54, 1.807) is 0 Å². The van der Waals surface area contributed by atoms with E-state index in [2.05, 4.69) is 5.32 Å². The summed E-state index contributed by atoms with van der Waals surface area (Å²) >= 11 is 0. The van der Waals surface area contributed by atoms with Gasteiger partial charge in [-0.15, -0.1) is 0 Å². The molecule has 0 aliphatic rings. The summed E-state index contributed by atoms with van der Waals surface area (Å²) in [7, 11) is 0. The number of alkyl halides is 3. The van der Waals surface area contributed by atoms with Crippen LogP contribution in [0.2, 0.25) is 0 Å². The highest BCUT2D eigenvalue weighted by Gasteiger charge is 2.30. The fourth-order valence-electron chi connectivity index (χ4n) is 1.72. The maximum absolute atomic E-state index is 13.0. The summed E-state index contributed by atoms with van der Waals surface area (Å²) < 4.78 is 63.4. The molecule has 2 aromatic rings. The molecule has 0 spiro atoms. The Kier molecular flexibility index (Phi) is 3.92. The van der Waals surface area contributed by atoms with Crippen LogP contribution in [-0.2, 0) is 12.7 Å². The fourth-order valence-corrected chi connectivity index (χ4v) is 1.72. The molecule has 6 heteroatoms. The molecule has 0 aromatic heterocycles.